The van der Waals surface area contributed by atoms with Crippen LogP contribution in [0.15, 0.2) is 24.3 Å². The Morgan fingerprint density at radius 3 is 2.31 bits per heavy atom. The Kier molecular flexibility index (Phi) is 7.23. The normalized spacial score (nSPS) is 29.6. The third-order valence-electron chi connectivity index (χ3n) is 7.12. The number of carbonyl (C=O) groups excluding carboxylic acids is 2. The number of aryl methyl sites for hydroxylation is 1. The third-order valence-corrected chi connectivity index (χ3v) is 7.12. The summed E-state index contributed by atoms with van der Waals surface area (Å²) < 4.78 is 0. The maximum Gasteiger partial charge on any atom is 0.253 e. The highest BCUT2D eigenvalue weighted by atomic mass is 35.5. The molecule has 0 radical (unpaired) electrons. The summed E-state index contributed by atoms with van der Waals surface area (Å²) in [5, 5.41) is 0. The topological polar surface area (TPSA) is 66.6 Å². The summed E-state index contributed by atoms with van der Waals surface area (Å²) >= 11 is 0. The third kappa shape index (κ3) is 4.77. The number of halogens is 1. The highest BCUT2D eigenvalue weighted by Gasteiger charge is 2.41. The lowest BCUT2D eigenvalue weighted by Gasteiger charge is -2.44. The minimum atomic E-state index is 0. The first-order valence-corrected chi connectivity index (χ1v) is 10.9. The van der Waals surface area contributed by atoms with Gasteiger partial charge >= 0.3 is 0 Å². The molecule has 6 heteroatoms. The van der Waals surface area contributed by atoms with E-state index >= 15 is 0 Å². The van der Waals surface area contributed by atoms with Crippen molar-refractivity contribution < 1.29 is 9.59 Å². The van der Waals surface area contributed by atoms with Gasteiger partial charge in [-0.05, 0) is 63.0 Å². The van der Waals surface area contributed by atoms with E-state index in [4.69, 9.17) is 5.73 Å². The number of rotatable bonds is 2. The highest BCUT2D eigenvalue weighted by Crippen LogP contribution is 2.42. The van der Waals surface area contributed by atoms with Gasteiger partial charge in [0.05, 0.1) is 0 Å². The molecule has 2 atom stereocenters. The number of hydrogen-bond donors (Lipinski definition) is 1. The summed E-state index contributed by atoms with van der Waals surface area (Å²) in [5.74, 6) is 1.56. The fourth-order valence-electron chi connectivity index (χ4n) is 5.55. The Bertz CT molecular complexity index is 727. The molecule has 2 N–H and O–H groups in total. The van der Waals surface area contributed by atoms with Crippen LogP contribution < -0.4 is 5.73 Å². The number of nitrogens with two attached hydrogens (primary N) is 1. The highest BCUT2D eigenvalue weighted by molar-refractivity contribution is 5.94. The van der Waals surface area contributed by atoms with Crippen LogP contribution in [0.1, 0.15) is 54.4 Å². The standard InChI is InChI=1S/C23H33N3O2.ClH/c1-16-5-2-8-19(13-16)22(27)25-9-4-10-26(12-11-25)23(28)20-14-17-6-3-7-18(15-20)21(17)24;/h2,5,8,13,17-18,20-21H,3-4,6-7,9-12,14-15,24H2,1H3;1H. The molecule has 3 fully saturated rings. The van der Waals surface area contributed by atoms with Crippen LogP contribution in [0.25, 0.3) is 0 Å². The molecule has 1 heterocycles. The molecule has 2 saturated carbocycles. The average Bonchev–Trinajstić information content (AvgIpc) is 2.93. The van der Waals surface area contributed by atoms with E-state index in [-0.39, 0.29) is 24.2 Å². The van der Waals surface area contributed by atoms with Crippen molar-refractivity contribution in [1.29, 1.82) is 0 Å². The van der Waals surface area contributed by atoms with Gasteiger partial charge in [0.2, 0.25) is 5.91 Å². The Hall–Kier alpha value is -1.59. The van der Waals surface area contributed by atoms with Gasteiger partial charge in [-0.15, -0.1) is 12.4 Å². The predicted octanol–water partition coefficient (Wildman–Crippen LogP) is 3.24. The summed E-state index contributed by atoms with van der Waals surface area (Å²) in [6, 6.07) is 8.06. The summed E-state index contributed by atoms with van der Waals surface area (Å²) in [7, 11) is 0. The van der Waals surface area contributed by atoms with E-state index in [1.165, 1.54) is 19.3 Å². The molecule has 2 unspecified atom stereocenters. The maximum absolute atomic E-state index is 13.2. The van der Waals surface area contributed by atoms with Gasteiger partial charge in [0.25, 0.3) is 5.91 Å². The number of nitrogens with zero attached hydrogens (tertiary/aromatic N) is 2. The monoisotopic (exact) mass is 419 g/mol. The molecular weight excluding hydrogens is 386 g/mol. The fraction of sp³-hybridized carbons (Fsp3) is 0.652. The van der Waals surface area contributed by atoms with Gasteiger partial charge in [0, 0.05) is 43.7 Å². The molecule has 1 saturated heterocycles. The molecule has 2 bridgehead atoms. The van der Waals surface area contributed by atoms with Crippen molar-refractivity contribution in [2.45, 2.75) is 51.5 Å². The molecule has 5 nitrogen and oxygen atoms in total. The quantitative estimate of drug-likeness (QED) is 0.800. The van der Waals surface area contributed by atoms with Crippen molar-refractivity contribution in [2.24, 2.45) is 23.5 Å². The SMILES string of the molecule is Cc1cccc(C(=O)N2CCCN(C(=O)C3CC4CCCC(C3)C4N)CC2)c1.Cl. The van der Waals surface area contributed by atoms with Crippen LogP contribution >= 0.6 is 12.4 Å². The number of amides is 2. The minimum Gasteiger partial charge on any atom is -0.341 e. The molecule has 3 aliphatic rings. The number of benzene rings is 1. The van der Waals surface area contributed by atoms with E-state index in [0.717, 1.165) is 43.5 Å². The van der Waals surface area contributed by atoms with Crippen molar-refractivity contribution in [1.82, 2.24) is 9.80 Å². The Balaban J connectivity index is 0.00000240. The van der Waals surface area contributed by atoms with Crippen molar-refractivity contribution in [2.75, 3.05) is 26.2 Å². The Morgan fingerprint density at radius 1 is 0.966 bits per heavy atom. The largest absolute Gasteiger partial charge is 0.341 e. The molecular formula is C23H34ClN3O2. The molecule has 0 aromatic heterocycles. The van der Waals surface area contributed by atoms with Crippen LogP contribution in [0.2, 0.25) is 0 Å². The lowest BCUT2D eigenvalue weighted by atomic mass is 9.65. The zero-order valence-electron chi connectivity index (χ0n) is 17.4. The zero-order chi connectivity index (χ0) is 19.7. The minimum absolute atomic E-state index is 0. The molecule has 1 aromatic carbocycles. The molecule has 1 aromatic rings. The van der Waals surface area contributed by atoms with Crippen LogP contribution in [0.5, 0.6) is 0 Å². The molecule has 2 aliphatic carbocycles. The lowest BCUT2D eigenvalue weighted by molar-refractivity contribution is -0.138. The van der Waals surface area contributed by atoms with Crippen molar-refractivity contribution in [3.63, 3.8) is 0 Å². The van der Waals surface area contributed by atoms with E-state index in [9.17, 15) is 9.59 Å². The van der Waals surface area contributed by atoms with Gasteiger partial charge in [0.15, 0.2) is 0 Å². The molecule has 1 aliphatic heterocycles. The molecule has 2 amide bonds. The van der Waals surface area contributed by atoms with Crippen molar-refractivity contribution in [3.05, 3.63) is 35.4 Å². The molecule has 29 heavy (non-hydrogen) atoms. The maximum atomic E-state index is 13.2. The smallest absolute Gasteiger partial charge is 0.253 e. The van der Waals surface area contributed by atoms with E-state index in [1.54, 1.807) is 0 Å². The molecule has 160 valence electrons. The van der Waals surface area contributed by atoms with Gasteiger partial charge in [-0.2, -0.15) is 0 Å². The van der Waals surface area contributed by atoms with Crippen LogP contribution in [0.4, 0.5) is 0 Å². The first kappa shape index (κ1) is 22.1. The summed E-state index contributed by atoms with van der Waals surface area (Å²) in [6.07, 6.45) is 6.39. The van der Waals surface area contributed by atoms with E-state index in [0.29, 0.717) is 36.9 Å². The van der Waals surface area contributed by atoms with Crippen molar-refractivity contribution in [3.8, 4) is 0 Å². The zero-order valence-corrected chi connectivity index (χ0v) is 18.2. The predicted molar refractivity (Wildman–Crippen MR) is 117 cm³/mol. The van der Waals surface area contributed by atoms with Crippen LogP contribution in [0.3, 0.4) is 0 Å². The van der Waals surface area contributed by atoms with Crippen LogP contribution in [-0.4, -0.2) is 53.8 Å². The molecule has 0 spiro atoms. The van der Waals surface area contributed by atoms with Crippen molar-refractivity contribution >= 4 is 24.2 Å². The van der Waals surface area contributed by atoms with Gasteiger partial charge < -0.3 is 15.5 Å². The second kappa shape index (κ2) is 9.48. The van der Waals surface area contributed by atoms with Gasteiger partial charge in [-0.3, -0.25) is 9.59 Å². The van der Waals surface area contributed by atoms with Gasteiger partial charge in [-0.1, -0.05) is 24.1 Å². The number of hydrogen-bond acceptors (Lipinski definition) is 3. The second-order valence-corrected chi connectivity index (χ2v) is 9.04. The molecule has 4 rings (SSSR count). The van der Waals surface area contributed by atoms with Gasteiger partial charge in [0.1, 0.15) is 0 Å². The summed E-state index contributed by atoms with van der Waals surface area (Å²) in [6.45, 7) is 4.75. The number of fused-ring (bicyclic) bond motifs is 2. The number of carbonyl (C=O) groups is 2. The fourth-order valence-corrected chi connectivity index (χ4v) is 5.55. The second-order valence-electron chi connectivity index (χ2n) is 9.04. The van der Waals surface area contributed by atoms with E-state index in [2.05, 4.69) is 0 Å². The van der Waals surface area contributed by atoms with Gasteiger partial charge in [-0.25, -0.2) is 0 Å². The Morgan fingerprint density at radius 2 is 1.62 bits per heavy atom. The average molecular weight is 420 g/mol. The Labute approximate surface area is 180 Å². The van der Waals surface area contributed by atoms with E-state index in [1.807, 2.05) is 41.0 Å². The van der Waals surface area contributed by atoms with Crippen LogP contribution in [-0.2, 0) is 4.79 Å². The lowest BCUT2D eigenvalue weighted by Crippen LogP contribution is -2.50. The summed E-state index contributed by atoms with van der Waals surface area (Å²) in [5.41, 5.74) is 8.24. The first-order valence-electron chi connectivity index (χ1n) is 10.9. The van der Waals surface area contributed by atoms with E-state index < -0.39 is 0 Å². The summed E-state index contributed by atoms with van der Waals surface area (Å²) in [4.78, 5) is 30.0. The van der Waals surface area contributed by atoms with Crippen LogP contribution in [0, 0.1) is 24.7 Å². The first-order chi connectivity index (χ1) is 13.5.